The van der Waals surface area contributed by atoms with Gasteiger partial charge in [-0.05, 0) is 38.5 Å². The molecule has 110 valence electrons. The second-order valence-electron chi connectivity index (χ2n) is 5.35. The molecule has 0 aromatic heterocycles. The van der Waals surface area contributed by atoms with Crippen LogP contribution in [0.25, 0.3) is 6.08 Å². The van der Waals surface area contributed by atoms with Crippen LogP contribution >= 0.6 is 0 Å². The van der Waals surface area contributed by atoms with E-state index in [9.17, 15) is 8.42 Å². The van der Waals surface area contributed by atoms with Gasteiger partial charge in [-0.1, -0.05) is 30.3 Å². The van der Waals surface area contributed by atoms with Gasteiger partial charge in [-0.2, -0.15) is 0 Å². The zero-order valence-corrected chi connectivity index (χ0v) is 12.8. The fourth-order valence-corrected chi connectivity index (χ4v) is 2.91. The molecule has 1 fully saturated rings. The molecular formula is C15H22N2O2S. The van der Waals surface area contributed by atoms with Gasteiger partial charge < -0.3 is 0 Å². The van der Waals surface area contributed by atoms with Gasteiger partial charge in [0, 0.05) is 24.0 Å². The van der Waals surface area contributed by atoms with E-state index in [0.717, 1.165) is 5.56 Å². The SMILES string of the molecule is CC(CNS(=O)(=O)/C=C/c1ccccc1)N(C)C1CC1. The molecule has 5 heteroatoms. The van der Waals surface area contributed by atoms with Crippen LogP contribution in [0.1, 0.15) is 25.3 Å². The second kappa shape index (κ2) is 6.52. The first-order valence-electron chi connectivity index (χ1n) is 6.93. The van der Waals surface area contributed by atoms with Gasteiger partial charge in [-0.25, -0.2) is 13.1 Å². The Labute approximate surface area is 121 Å². The van der Waals surface area contributed by atoms with Crippen LogP contribution in [0.3, 0.4) is 0 Å². The number of nitrogens with zero attached hydrogens (tertiary/aromatic N) is 1. The van der Waals surface area contributed by atoms with E-state index in [4.69, 9.17) is 0 Å². The van der Waals surface area contributed by atoms with Gasteiger partial charge in [0.05, 0.1) is 0 Å². The Balaban J connectivity index is 1.86. The van der Waals surface area contributed by atoms with Gasteiger partial charge in [-0.3, -0.25) is 4.90 Å². The lowest BCUT2D eigenvalue weighted by molar-refractivity contribution is 0.248. The van der Waals surface area contributed by atoms with Crippen LogP contribution in [-0.2, 0) is 10.0 Å². The Morgan fingerprint density at radius 3 is 2.60 bits per heavy atom. The monoisotopic (exact) mass is 294 g/mol. The highest BCUT2D eigenvalue weighted by molar-refractivity contribution is 7.92. The molecule has 20 heavy (non-hydrogen) atoms. The third kappa shape index (κ3) is 4.74. The van der Waals surface area contributed by atoms with Crippen molar-refractivity contribution in [3.8, 4) is 0 Å². The van der Waals surface area contributed by atoms with Crippen LogP contribution in [0.2, 0.25) is 0 Å². The van der Waals surface area contributed by atoms with Crippen molar-refractivity contribution in [2.75, 3.05) is 13.6 Å². The number of benzene rings is 1. The number of sulfonamides is 1. The molecule has 0 amide bonds. The number of hydrogen-bond donors (Lipinski definition) is 1. The molecule has 1 aliphatic rings. The molecule has 0 aliphatic heterocycles. The van der Waals surface area contributed by atoms with Crippen LogP contribution < -0.4 is 4.72 Å². The molecule has 0 saturated heterocycles. The van der Waals surface area contributed by atoms with Crippen LogP contribution in [0.5, 0.6) is 0 Å². The van der Waals surface area contributed by atoms with Gasteiger partial charge in [0.15, 0.2) is 0 Å². The quantitative estimate of drug-likeness (QED) is 0.837. The van der Waals surface area contributed by atoms with Gasteiger partial charge in [0.2, 0.25) is 10.0 Å². The van der Waals surface area contributed by atoms with Crippen molar-refractivity contribution < 1.29 is 8.42 Å². The summed E-state index contributed by atoms with van der Waals surface area (Å²) in [6, 6.07) is 10.3. The first-order valence-corrected chi connectivity index (χ1v) is 8.47. The summed E-state index contributed by atoms with van der Waals surface area (Å²) in [5.41, 5.74) is 0.876. The van der Waals surface area contributed by atoms with Crippen LogP contribution in [-0.4, -0.2) is 39.0 Å². The molecule has 1 aromatic carbocycles. The van der Waals surface area contributed by atoms with E-state index in [-0.39, 0.29) is 6.04 Å². The number of nitrogens with one attached hydrogen (secondary N) is 1. The fourth-order valence-electron chi connectivity index (χ4n) is 2.00. The highest BCUT2D eigenvalue weighted by atomic mass is 32.2. The summed E-state index contributed by atoms with van der Waals surface area (Å²) in [6.45, 7) is 2.48. The summed E-state index contributed by atoms with van der Waals surface area (Å²) in [5.74, 6) is 0. The molecule has 1 atom stereocenters. The topological polar surface area (TPSA) is 49.4 Å². The van der Waals surface area contributed by atoms with Gasteiger partial charge in [-0.15, -0.1) is 0 Å². The summed E-state index contributed by atoms with van der Waals surface area (Å²) in [7, 11) is -1.32. The lowest BCUT2D eigenvalue weighted by Crippen LogP contribution is -2.40. The predicted octanol–water partition coefficient (Wildman–Crippen LogP) is 2.06. The van der Waals surface area contributed by atoms with Crippen LogP contribution in [0.15, 0.2) is 35.7 Å². The lowest BCUT2D eigenvalue weighted by atomic mass is 10.2. The van der Waals surface area contributed by atoms with Crippen molar-refractivity contribution in [1.29, 1.82) is 0 Å². The molecule has 1 unspecified atom stereocenters. The van der Waals surface area contributed by atoms with Gasteiger partial charge in [0.1, 0.15) is 0 Å². The summed E-state index contributed by atoms with van der Waals surface area (Å²) >= 11 is 0. The number of hydrogen-bond acceptors (Lipinski definition) is 3. The number of rotatable bonds is 7. The average Bonchev–Trinajstić information content (AvgIpc) is 3.28. The summed E-state index contributed by atoms with van der Waals surface area (Å²) < 4.78 is 26.4. The van der Waals surface area contributed by atoms with Crippen molar-refractivity contribution >= 4 is 16.1 Å². The standard InChI is InChI=1S/C15H22N2O2S/c1-13(17(2)15-8-9-15)12-16-20(18,19)11-10-14-6-4-3-5-7-14/h3-7,10-11,13,15-16H,8-9,12H2,1-2H3/b11-10+. The smallest absolute Gasteiger partial charge is 0.233 e. The van der Waals surface area contributed by atoms with Crippen molar-refractivity contribution in [3.05, 3.63) is 41.3 Å². The largest absolute Gasteiger partial charge is 0.299 e. The molecule has 1 aromatic rings. The maximum Gasteiger partial charge on any atom is 0.233 e. The highest BCUT2D eigenvalue weighted by Crippen LogP contribution is 2.26. The molecule has 0 heterocycles. The molecule has 0 bridgehead atoms. The van der Waals surface area contributed by atoms with E-state index in [1.807, 2.05) is 37.3 Å². The van der Waals surface area contributed by atoms with Crippen molar-refractivity contribution in [3.63, 3.8) is 0 Å². The zero-order valence-electron chi connectivity index (χ0n) is 12.0. The van der Waals surface area contributed by atoms with E-state index in [1.54, 1.807) is 6.08 Å². The lowest BCUT2D eigenvalue weighted by Gasteiger charge is -2.24. The Hall–Kier alpha value is -1.17. The Morgan fingerprint density at radius 1 is 1.35 bits per heavy atom. The Kier molecular flexibility index (Phi) is 4.96. The normalized spacial score (nSPS) is 17.8. The van der Waals surface area contributed by atoms with Gasteiger partial charge >= 0.3 is 0 Å². The minimum atomic E-state index is -3.37. The van der Waals surface area contributed by atoms with Gasteiger partial charge in [0.25, 0.3) is 0 Å². The van der Waals surface area contributed by atoms with Crippen LogP contribution in [0.4, 0.5) is 0 Å². The van der Waals surface area contributed by atoms with Crippen molar-refractivity contribution in [2.24, 2.45) is 0 Å². The molecule has 4 nitrogen and oxygen atoms in total. The number of likely N-dealkylation sites (N-methyl/N-ethyl adjacent to an activating group) is 1. The molecule has 1 aliphatic carbocycles. The average molecular weight is 294 g/mol. The molecule has 1 N–H and O–H groups in total. The minimum Gasteiger partial charge on any atom is -0.299 e. The summed E-state index contributed by atoms with van der Waals surface area (Å²) in [6.07, 6.45) is 4.06. The molecule has 0 radical (unpaired) electrons. The Bertz CT molecular complexity index is 550. The summed E-state index contributed by atoms with van der Waals surface area (Å²) in [4.78, 5) is 2.24. The third-order valence-corrected chi connectivity index (χ3v) is 4.70. The maximum absolute atomic E-state index is 11.9. The van der Waals surface area contributed by atoms with E-state index in [1.165, 1.54) is 18.2 Å². The minimum absolute atomic E-state index is 0.211. The zero-order chi connectivity index (χ0) is 14.6. The first-order chi connectivity index (χ1) is 9.48. The first kappa shape index (κ1) is 15.2. The molecular weight excluding hydrogens is 272 g/mol. The predicted molar refractivity (Wildman–Crippen MR) is 82.6 cm³/mol. The van der Waals surface area contributed by atoms with E-state index < -0.39 is 10.0 Å². The van der Waals surface area contributed by atoms with Crippen molar-refractivity contribution in [2.45, 2.75) is 31.8 Å². The molecule has 0 spiro atoms. The molecule has 2 rings (SSSR count). The van der Waals surface area contributed by atoms with E-state index >= 15 is 0 Å². The molecule has 1 saturated carbocycles. The Morgan fingerprint density at radius 2 is 2.00 bits per heavy atom. The van der Waals surface area contributed by atoms with Crippen molar-refractivity contribution in [1.82, 2.24) is 9.62 Å². The maximum atomic E-state index is 11.9. The van der Waals surface area contributed by atoms with Crippen LogP contribution in [0, 0.1) is 0 Å². The van der Waals surface area contributed by atoms with E-state index in [0.29, 0.717) is 12.6 Å². The second-order valence-corrected chi connectivity index (χ2v) is 7.00. The fraction of sp³-hybridized carbons (Fsp3) is 0.467. The van der Waals surface area contributed by atoms with E-state index in [2.05, 4.69) is 16.7 Å². The summed E-state index contributed by atoms with van der Waals surface area (Å²) in [5, 5.41) is 1.23. The third-order valence-electron chi connectivity index (χ3n) is 3.64. The highest BCUT2D eigenvalue weighted by Gasteiger charge is 2.29.